The van der Waals surface area contributed by atoms with Gasteiger partial charge in [-0.1, -0.05) is 6.42 Å². The predicted molar refractivity (Wildman–Crippen MR) is 93.9 cm³/mol. The molecule has 0 bridgehead atoms. The van der Waals surface area contributed by atoms with Crippen LogP contribution in [-0.2, 0) is 14.3 Å². The highest BCUT2D eigenvalue weighted by atomic mass is 16.5. The number of methoxy groups -OCH3 is 2. The van der Waals surface area contributed by atoms with Crippen LogP contribution in [-0.4, -0.2) is 75.4 Å². The number of carbonyl (C=O) groups excluding carboxylic acids is 1. The lowest BCUT2D eigenvalue weighted by molar-refractivity contribution is -0.143. The maximum atomic E-state index is 13.1. The Morgan fingerprint density at radius 1 is 1.08 bits per heavy atom. The molecule has 5 nitrogen and oxygen atoms in total. The third kappa shape index (κ3) is 3.78. The fourth-order valence-electron chi connectivity index (χ4n) is 5.17. The van der Waals surface area contributed by atoms with Crippen molar-refractivity contribution in [1.82, 2.24) is 9.80 Å². The third-order valence-corrected chi connectivity index (χ3v) is 6.58. The van der Waals surface area contributed by atoms with Crippen molar-refractivity contribution in [3.8, 4) is 0 Å². The Bertz CT molecular complexity index is 423. The molecule has 0 aromatic rings. The Labute approximate surface area is 146 Å². The Morgan fingerprint density at radius 3 is 2.54 bits per heavy atom. The molecule has 2 heterocycles. The van der Waals surface area contributed by atoms with E-state index in [0.717, 1.165) is 65.0 Å². The number of amides is 1. The first-order valence-electron chi connectivity index (χ1n) is 9.71. The number of piperidine rings is 2. The zero-order valence-electron chi connectivity index (χ0n) is 15.5. The molecule has 5 heteroatoms. The minimum atomic E-state index is 0.223. The minimum absolute atomic E-state index is 0.223. The van der Waals surface area contributed by atoms with Crippen molar-refractivity contribution in [3.63, 3.8) is 0 Å². The summed E-state index contributed by atoms with van der Waals surface area (Å²) in [5.41, 5.74) is 0.238. The second-order valence-electron chi connectivity index (χ2n) is 7.95. The molecule has 1 aliphatic carbocycles. The molecule has 1 saturated carbocycles. The number of hydrogen-bond donors (Lipinski definition) is 0. The standard InChI is InChI=1S/C19H34N2O3/c1-23-14-13-20-11-6-16(7-12-20)18(22)21-10-4-9-19(15-21)8-3-5-17(19)24-2/h16-17H,3-15H2,1-2H3/t17-,19-/m1/s1. The summed E-state index contributed by atoms with van der Waals surface area (Å²) in [6.07, 6.45) is 8.35. The third-order valence-electron chi connectivity index (χ3n) is 6.58. The van der Waals surface area contributed by atoms with E-state index in [9.17, 15) is 4.79 Å². The van der Waals surface area contributed by atoms with Crippen LogP contribution in [0.15, 0.2) is 0 Å². The van der Waals surface area contributed by atoms with Gasteiger partial charge >= 0.3 is 0 Å². The highest BCUT2D eigenvalue weighted by Gasteiger charge is 2.47. The average molecular weight is 338 g/mol. The van der Waals surface area contributed by atoms with Gasteiger partial charge in [0, 0.05) is 45.2 Å². The number of likely N-dealkylation sites (tertiary alicyclic amines) is 2. The molecule has 24 heavy (non-hydrogen) atoms. The van der Waals surface area contributed by atoms with Crippen LogP contribution < -0.4 is 0 Å². The average Bonchev–Trinajstić information content (AvgIpc) is 3.01. The first-order chi connectivity index (χ1) is 11.7. The van der Waals surface area contributed by atoms with Crippen LogP contribution in [0.25, 0.3) is 0 Å². The number of ether oxygens (including phenoxy) is 2. The van der Waals surface area contributed by atoms with Crippen LogP contribution in [0.4, 0.5) is 0 Å². The number of rotatable bonds is 5. The SMILES string of the molecule is COCCN1CCC(C(=O)N2CCC[C@]3(CCC[C@H]3OC)C2)CC1. The smallest absolute Gasteiger partial charge is 0.225 e. The molecule has 0 aromatic heterocycles. The molecule has 3 fully saturated rings. The summed E-state index contributed by atoms with van der Waals surface area (Å²) in [6.45, 7) is 5.69. The maximum absolute atomic E-state index is 13.1. The summed E-state index contributed by atoms with van der Waals surface area (Å²) in [5.74, 6) is 0.628. The van der Waals surface area contributed by atoms with Gasteiger partial charge in [-0.15, -0.1) is 0 Å². The van der Waals surface area contributed by atoms with Gasteiger partial charge < -0.3 is 19.3 Å². The monoisotopic (exact) mass is 338 g/mol. The van der Waals surface area contributed by atoms with E-state index < -0.39 is 0 Å². The van der Waals surface area contributed by atoms with Crippen molar-refractivity contribution in [1.29, 1.82) is 0 Å². The molecular weight excluding hydrogens is 304 g/mol. The van der Waals surface area contributed by atoms with E-state index in [-0.39, 0.29) is 11.3 Å². The molecule has 0 N–H and O–H groups in total. The Morgan fingerprint density at radius 2 is 1.83 bits per heavy atom. The van der Waals surface area contributed by atoms with Gasteiger partial charge in [-0.2, -0.15) is 0 Å². The molecule has 1 amide bonds. The second kappa shape index (κ2) is 8.15. The maximum Gasteiger partial charge on any atom is 0.225 e. The Kier molecular flexibility index (Phi) is 6.17. The summed E-state index contributed by atoms with van der Waals surface area (Å²) in [7, 11) is 3.59. The first-order valence-corrected chi connectivity index (χ1v) is 9.71. The van der Waals surface area contributed by atoms with E-state index in [1.54, 1.807) is 7.11 Å². The molecule has 2 saturated heterocycles. The van der Waals surface area contributed by atoms with E-state index in [1.807, 2.05) is 7.11 Å². The van der Waals surface area contributed by atoms with E-state index >= 15 is 0 Å². The fraction of sp³-hybridized carbons (Fsp3) is 0.947. The summed E-state index contributed by atoms with van der Waals surface area (Å²) in [5, 5.41) is 0. The minimum Gasteiger partial charge on any atom is -0.383 e. The molecule has 2 atom stereocenters. The van der Waals surface area contributed by atoms with E-state index in [1.165, 1.54) is 19.3 Å². The number of carbonyl (C=O) groups is 1. The number of hydrogen-bond acceptors (Lipinski definition) is 4. The van der Waals surface area contributed by atoms with Crippen molar-refractivity contribution in [3.05, 3.63) is 0 Å². The molecule has 3 aliphatic rings. The van der Waals surface area contributed by atoms with Gasteiger partial charge in [-0.3, -0.25) is 4.79 Å². The molecule has 0 radical (unpaired) electrons. The fourth-order valence-corrected chi connectivity index (χ4v) is 5.17. The van der Waals surface area contributed by atoms with Crippen molar-refractivity contribution < 1.29 is 14.3 Å². The Balaban J connectivity index is 1.54. The number of nitrogens with zero attached hydrogens (tertiary/aromatic N) is 2. The van der Waals surface area contributed by atoms with Crippen molar-refractivity contribution >= 4 is 5.91 Å². The summed E-state index contributed by atoms with van der Waals surface area (Å²) >= 11 is 0. The lowest BCUT2D eigenvalue weighted by Crippen LogP contribution is -2.52. The second-order valence-corrected chi connectivity index (χ2v) is 7.95. The highest BCUT2D eigenvalue weighted by molar-refractivity contribution is 5.79. The largest absolute Gasteiger partial charge is 0.383 e. The van der Waals surface area contributed by atoms with Gasteiger partial charge in [-0.05, 0) is 51.6 Å². The molecule has 138 valence electrons. The molecule has 3 rings (SSSR count). The van der Waals surface area contributed by atoms with Gasteiger partial charge in [0.15, 0.2) is 0 Å². The molecule has 0 aromatic carbocycles. The highest BCUT2D eigenvalue weighted by Crippen LogP contribution is 2.46. The van der Waals surface area contributed by atoms with Gasteiger partial charge in [0.25, 0.3) is 0 Å². The lowest BCUT2D eigenvalue weighted by atomic mass is 9.76. The van der Waals surface area contributed by atoms with Crippen LogP contribution in [0.2, 0.25) is 0 Å². The van der Waals surface area contributed by atoms with E-state index in [4.69, 9.17) is 9.47 Å². The normalized spacial score (nSPS) is 32.6. The van der Waals surface area contributed by atoms with Gasteiger partial charge in [0.2, 0.25) is 5.91 Å². The van der Waals surface area contributed by atoms with E-state index in [0.29, 0.717) is 12.0 Å². The predicted octanol–water partition coefficient (Wildman–Crippen LogP) is 2.15. The summed E-state index contributed by atoms with van der Waals surface area (Å²) < 4.78 is 10.9. The zero-order valence-corrected chi connectivity index (χ0v) is 15.5. The molecule has 1 spiro atoms. The van der Waals surface area contributed by atoms with Gasteiger partial charge in [-0.25, -0.2) is 0 Å². The van der Waals surface area contributed by atoms with Crippen LogP contribution in [0.1, 0.15) is 44.9 Å². The van der Waals surface area contributed by atoms with Crippen LogP contribution in [0, 0.1) is 11.3 Å². The molecule has 2 aliphatic heterocycles. The van der Waals surface area contributed by atoms with Crippen molar-refractivity contribution in [2.45, 2.75) is 51.0 Å². The summed E-state index contributed by atoms with van der Waals surface area (Å²) in [6, 6.07) is 0. The topological polar surface area (TPSA) is 42.0 Å². The Hall–Kier alpha value is -0.650. The van der Waals surface area contributed by atoms with Crippen molar-refractivity contribution in [2.75, 3.05) is 53.6 Å². The summed E-state index contributed by atoms with van der Waals surface area (Å²) in [4.78, 5) is 17.6. The first kappa shape index (κ1) is 18.2. The van der Waals surface area contributed by atoms with Gasteiger partial charge in [0.1, 0.15) is 0 Å². The lowest BCUT2D eigenvalue weighted by Gasteiger charge is -2.45. The van der Waals surface area contributed by atoms with E-state index in [2.05, 4.69) is 9.80 Å². The van der Waals surface area contributed by atoms with Crippen LogP contribution in [0.3, 0.4) is 0 Å². The van der Waals surface area contributed by atoms with Crippen LogP contribution in [0.5, 0.6) is 0 Å². The molecule has 0 unspecified atom stereocenters. The van der Waals surface area contributed by atoms with Crippen LogP contribution >= 0.6 is 0 Å². The van der Waals surface area contributed by atoms with Crippen molar-refractivity contribution in [2.24, 2.45) is 11.3 Å². The molecular formula is C19H34N2O3. The van der Waals surface area contributed by atoms with Gasteiger partial charge in [0.05, 0.1) is 12.7 Å². The quantitative estimate of drug-likeness (QED) is 0.770. The zero-order chi connectivity index (χ0) is 17.0.